The van der Waals surface area contributed by atoms with E-state index in [0.717, 1.165) is 5.56 Å². The van der Waals surface area contributed by atoms with Crippen LogP contribution in [0.25, 0.3) is 11.1 Å². The van der Waals surface area contributed by atoms with E-state index in [1.54, 1.807) is 39.0 Å². The number of hydrogen-bond acceptors (Lipinski definition) is 3. The van der Waals surface area contributed by atoms with Crippen molar-refractivity contribution in [1.29, 1.82) is 0 Å². The molecule has 4 nitrogen and oxygen atoms in total. The molecular formula is C17H19NO3. The van der Waals surface area contributed by atoms with Gasteiger partial charge in [0.2, 0.25) is 0 Å². The predicted octanol–water partition coefficient (Wildman–Crippen LogP) is 4.41. The molecule has 0 aliphatic rings. The fraction of sp³-hybridized carbons (Fsp3) is 0.235. The maximum Gasteiger partial charge on any atom is 0.412 e. The van der Waals surface area contributed by atoms with Crippen LogP contribution in [0.3, 0.4) is 0 Å². The number of hydrogen-bond donors (Lipinski definition) is 2. The van der Waals surface area contributed by atoms with Gasteiger partial charge in [-0.1, -0.05) is 30.3 Å². The zero-order valence-corrected chi connectivity index (χ0v) is 12.4. The van der Waals surface area contributed by atoms with Crippen LogP contribution in [0.1, 0.15) is 20.8 Å². The highest BCUT2D eigenvalue weighted by atomic mass is 16.6. The Hall–Kier alpha value is -2.49. The molecular weight excluding hydrogens is 266 g/mol. The summed E-state index contributed by atoms with van der Waals surface area (Å²) in [6, 6.07) is 14.4. The van der Waals surface area contributed by atoms with Crippen LogP contribution < -0.4 is 5.32 Å². The Labute approximate surface area is 124 Å². The van der Waals surface area contributed by atoms with E-state index >= 15 is 0 Å². The predicted molar refractivity (Wildman–Crippen MR) is 83.4 cm³/mol. The summed E-state index contributed by atoms with van der Waals surface area (Å²) in [5, 5.41) is 12.6. The lowest BCUT2D eigenvalue weighted by atomic mass is 10.0. The van der Waals surface area contributed by atoms with E-state index in [2.05, 4.69) is 5.32 Å². The number of nitrogens with one attached hydrogen (secondary N) is 1. The van der Waals surface area contributed by atoms with E-state index in [9.17, 15) is 9.90 Å². The van der Waals surface area contributed by atoms with E-state index in [1.165, 1.54) is 0 Å². The SMILES string of the molecule is CC(C)(C)OC(=O)Nc1ccc(O)c(-c2ccccc2)c1. The number of anilines is 1. The average molecular weight is 285 g/mol. The largest absolute Gasteiger partial charge is 0.507 e. The van der Waals surface area contributed by atoms with Gasteiger partial charge >= 0.3 is 6.09 Å². The highest BCUT2D eigenvalue weighted by molar-refractivity contribution is 5.87. The summed E-state index contributed by atoms with van der Waals surface area (Å²) in [6.45, 7) is 5.41. The standard InChI is InChI=1S/C17H19NO3/c1-17(2,3)21-16(20)18-13-9-10-15(19)14(11-13)12-7-5-4-6-8-12/h4-11,19H,1-3H3,(H,18,20). The summed E-state index contributed by atoms with van der Waals surface area (Å²) in [7, 11) is 0. The molecule has 0 unspecified atom stereocenters. The van der Waals surface area contributed by atoms with Crippen LogP contribution in [-0.4, -0.2) is 16.8 Å². The van der Waals surface area contributed by atoms with Crippen molar-refractivity contribution in [2.75, 3.05) is 5.32 Å². The number of phenolic OH excluding ortho intramolecular Hbond substituents is 1. The zero-order chi connectivity index (χ0) is 15.5. The van der Waals surface area contributed by atoms with Gasteiger partial charge in [-0.05, 0) is 44.5 Å². The molecule has 2 aromatic carbocycles. The molecule has 1 amide bonds. The van der Waals surface area contributed by atoms with Gasteiger partial charge in [0, 0.05) is 11.3 Å². The van der Waals surface area contributed by atoms with Gasteiger partial charge in [0.15, 0.2) is 0 Å². The Morgan fingerprint density at radius 1 is 1.10 bits per heavy atom. The third-order valence-corrected chi connectivity index (χ3v) is 2.73. The van der Waals surface area contributed by atoms with Gasteiger partial charge < -0.3 is 9.84 Å². The number of carbonyl (C=O) groups is 1. The molecule has 0 radical (unpaired) electrons. The van der Waals surface area contributed by atoms with Crippen LogP contribution in [0.15, 0.2) is 48.5 Å². The summed E-state index contributed by atoms with van der Waals surface area (Å²) in [5.41, 5.74) is 1.55. The van der Waals surface area contributed by atoms with Gasteiger partial charge in [-0.15, -0.1) is 0 Å². The van der Waals surface area contributed by atoms with Gasteiger partial charge in [0.05, 0.1) is 0 Å². The lowest BCUT2D eigenvalue weighted by Crippen LogP contribution is -2.27. The first kappa shape index (κ1) is 14.9. The van der Waals surface area contributed by atoms with Crippen LogP contribution in [0.5, 0.6) is 5.75 Å². The van der Waals surface area contributed by atoms with Gasteiger partial charge in [0.1, 0.15) is 11.4 Å². The van der Waals surface area contributed by atoms with Crippen molar-refractivity contribution < 1.29 is 14.6 Å². The minimum atomic E-state index is -0.552. The van der Waals surface area contributed by atoms with Gasteiger partial charge in [-0.25, -0.2) is 4.79 Å². The fourth-order valence-corrected chi connectivity index (χ4v) is 1.88. The zero-order valence-electron chi connectivity index (χ0n) is 12.4. The highest BCUT2D eigenvalue weighted by Gasteiger charge is 2.16. The van der Waals surface area contributed by atoms with Gasteiger partial charge in [-0.3, -0.25) is 5.32 Å². The first-order valence-corrected chi connectivity index (χ1v) is 6.73. The minimum Gasteiger partial charge on any atom is -0.507 e. The van der Waals surface area contributed by atoms with Crippen molar-refractivity contribution >= 4 is 11.8 Å². The molecule has 0 aliphatic carbocycles. The topological polar surface area (TPSA) is 58.6 Å². The minimum absolute atomic E-state index is 0.163. The third-order valence-electron chi connectivity index (χ3n) is 2.73. The summed E-state index contributed by atoms with van der Waals surface area (Å²) in [6.07, 6.45) is -0.521. The van der Waals surface area contributed by atoms with E-state index in [-0.39, 0.29) is 5.75 Å². The Kier molecular flexibility index (Phi) is 4.17. The normalized spacial score (nSPS) is 11.0. The molecule has 2 N–H and O–H groups in total. The van der Waals surface area contributed by atoms with Crippen molar-refractivity contribution in [1.82, 2.24) is 0 Å². The summed E-state index contributed by atoms with van der Waals surface area (Å²) in [5.74, 6) is 0.163. The molecule has 0 heterocycles. The van der Waals surface area contributed by atoms with Crippen LogP contribution in [0, 0.1) is 0 Å². The van der Waals surface area contributed by atoms with Gasteiger partial charge in [0.25, 0.3) is 0 Å². The molecule has 0 saturated heterocycles. The molecule has 110 valence electrons. The van der Waals surface area contributed by atoms with Crippen molar-refractivity contribution in [3.63, 3.8) is 0 Å². The summed E-state index contributed by atoms with van der Waals surface area (Å²) < 4.78 is 5.20. The second-order valence-corrected chi connectivity index (χ2v) is 5.72. The number of rotatable bonds is 2. The molecule has 0 saturated carbocycles. The fourth-order valence-electron chi connectivity index (χ4n) is 1.88. The molecule has 2 rings (SSSR count). The highest BCUT2D eigenvalue weighted by Crippen LogP contribution is 2.31. The van der Waals surface area contributed by atoms with E-state index in [0.29, 0.717) is 11.3 Å². The molecule has 0 aromatic heterocycles. The van der Waals surface area contributed by atoms with Crippen LogP contribution in [0.2, 0.25) is 0 Å². The van der Waals surface area contributed by atoms with Gasteiger partial charge in [-0.2, -0.15) is 0 Å². The number of phenols is 1. The molecule has 2 aromatic rings. The third kappa shape index (κ3) is 4.24. The Balaban J connectivity index is 2.22. The second-order valence-electron chi connectivity index (χ2n) is 5.72. The summed E-state index contributed by atoms with van der Waals surface area (Å²) >= 11 is 0. The average Bonchev–Trinajstić information content (AvgIpc) is 2.40. The van der Waals surface area contributed by atoms with Crippen molar-refractivity contribution in [2.45, 2.75) is 26.4 Å². The Bertz CT molecular complexity index is 630. The number of aromatic hydroxyl groups is 1. The van der Waals surface area contributed by atoms with E-state index < -0.39 is 11.7 Å². The maximum atomic E-state index is 11.8. The van der Waals surface area contributed by atoms with Crippen LogP contribution in [-0.2, 0) is 4.74 Å². The van der Waals surface area contributed by atoms with Crippen LogP contribution in [0.4, 0.5) is 10.5 Å². The molecule has 21 heavy (non-hydrogen) atoms. The number of ether oxygens (including phenoxy) is 1. The monoisotopic (exact) mass is 285 g/mol. The van der Waals surface area contributed by atoms with Crippen molar-refractivity contribution in [3.8, 4) is 16.9 Å². The first-order valence-electron chi connectivity index (χ1n) is 6.73. The lowest BCUT2D eigenvalue weighted by Gasteiger charge is -2.20. The van der Waals surface area contributed by atoms with E-state index in [1.807, 2.05) is 30.3 Å². The molecule has 0 aliphatic heterocycles. The molecule has 0 bridgehead atoms. The molecule has 0 fully saturated rings. The Morgan fingerprint density at radius 3 is 2.38 bits per heavy atom. The van der Waals surface area contributed by atoms with Crippen LogP contribution >= 0.6 is 0 Å². The number of amides is 1. The number of carbonyl (C=O) groups excluding carboxylic acids is 1. The maximum absolute atomic E-state index is 11.8. The molecule has 0 spiro atoms. The Morgan fingerprint density at radius 2 is 1.76 bits per heavy atom. The first-order chi connectivity index (χ1) is 9.85. The second kappa shape index (κ2) is 5.87. The number of benzene rings is 2. The summed E-state index contributed by atoms with van der Waals surface area (Å²) in [4.78, 5) is 11.8. The van der Waals surface area contributed by atoms with E-state index in [4.69, 9.17) is 4.74 Å². The van der Waals surface area contributed by atoms with Crippen molar-refractivity contribution in [2.24, 2.45) is 0 Å². The quantitative estimate of drug-likeness (QED) is 0.804. The molecule has 4 heteroatoms. The molecule has 0 atom stereocenters. The smallest absolute Gasteiger partial charge is 0.412 e. The lowest BCUT2D eigenvalue weighted by molar-refractivity contribution is 0.0636. The van der Waals surface area contributed by atoms with Crippen molar-refractivity contribution in [3.05, 3.63) is 48.5 Å².